The van der Waals surface area contributed by atoms with Crippen molar-refractivity contribution in [2.45, 2.75) is 18.6 Å². The summed E-state index contributed by atoms with van der Waals surface area (Å²) in [5.74, 6) is -0.661. The average molecular weight is 332 g/mol. The molecule has 1 aromatic carbocycles. The van der Waals surface area contributed by atoms with Crippen molar-refractivity contribution in [3.05, 3.63) is 24.3 Å². The zero-order chi connectivity index (χ0) is 15.7. The largest absolute Gasteiger partial charge is 0.326 e. The Morgan fingerprint density at radius 1 is 1.19 bits per heavy atom. The van der Waals surface area contributed by atoms with Gasteiger partial charge in [-0.25, -0.2) is 16.8 Å². The first-order valence-electron chi connectivity index (χ1n) is 6.28. The van der Waals surface area contributed by atoms with E-state index in [1.807, 2.05) is 0 Å². The van der Waals surface area contributed by atoms with E-state index >= 15 is 0 Å². The normalized spacial score (nSPS) is 20.9. The van der Waals surface area contributed by atoms with Crippen molar-refractivity contribution in [1.29, 1.82) is 0 Å². The number of hydrogen-bond donors (Lipinski definition) is 2. The van der Waals surface area contributed by atoms with Gasteiger partial charge in [0.05, 0.1) is 16.8 Å². The van der Waals surface area contributed by atoms with E-state index in [0.29, 0.717) is 11.4 Å². The van der Waals surface area contributed by atoms with Gasteiger partial charge in [-0.05, 0) is 30.7 Å². The van der Waals surface area contributed by atoms with Crippen LogP contribution in [0.2, 0.25) is 0 Å². The maximum Gasteiger partial charge on any atom is 0.236 e. The molecule has 1 aliphatic heterocycles. The Morgan fingerprint density at radius 2 is 1.76 bits per heavy atom. The van der Waals surface area contributed by atoms with Crippen molar-refractivity contribution in [3.63, 3.8) is 0 Å². The predicted molar refractivity (Wildman–Crippen MR) is 80.3 cm³/mol. The smallest absolute Gasteiger partial charge is 0.236 e. The molecule has 9 heteroatoms. The van der Waals surface area contributed by atoms with Crippen LogP contribution < -0.4 is 10.0 Å². The molecule has 2 rings (SSSR count). The zero-order valence-corrected chi connectivity index (χ0v) is 13.0. The average Bonchev–Trinajstić information content (AvgIpc) is 2.72. The van der Waals surface area contributed by atoms with E-state index in [0.717, 1.165) is 0 Å². The second kappa shape index (κ2) is 5.64. The number of hydrogen-bond acceptors (Lipinski definition) is 5. The zero-order valence-electron chi connectivity index (χ0n) is 11.4. The number of rotatable bonds is 4. The lowest BCUT2D eigenvalue weighted by atomic mass is 10.3. The molecule has 0 spiro atoms. The van der Waals surface area contributed by atoms with Gasteiger partial charge in [-0.2, -0.15) is 0 Å². The van der Waals surface area contributed by atoms with Crippen LogP contribution in [0.3, 0.4) is 0 Å². The summed E-state index contributed by atoms with van der Waals surface area (Å²) in [6.07, 6.45) is 0.113. The molecule has 0 aliphatic carbocycles. The summed E-state index contributed by atoms with van der Waals surface area (Å²) in [5, 5.41) is 1.65. The first-order valence-corrected chi connectivity index (χ1v) is 9.64. The van der Waals surface area contributed by atoms with Crippen LogP contribution >= 0.6 is 0 Å². The van der Waals surface area contributed by atoms with Crippen molar-refractivity contribution in [3.8, 4) is 0 Å². The highest BCUT2D eigenvalue weighted by molar-refractivity contribution is 7.97. The maximum atomic E-state index is 12.1. The number of amides is 1. The maximum absolute atomic E-state index is 12.1. The Labute approximate surface area is 123 Å². The summed E-state index contributed by atoms with van der Waals surface area (Å²) in [5.41, 5.74) is 0.877. The molecule has 116 valence electrons. The summed E-state index contributed by atoms with van der Waals surface area (Å²) in [4.78, 5) is 10.9. The molecule has 0 aromatic heterocycles. The second-order valence-corrected chi connectivity index (χ2v) is 9.12. The van der Waals surface area contributed by atoms with Crippen LogP contribution in [0, 0.1) is 0 Å². The minimum Gasteiger partial charge on any atom is -0.326 e. The van der Waals surface area contributed by atoms with Gasteiger partial charge < -0.3 is 5.32 Å². The molecule has 1 aliphatic rings. The summed E-state index contributed by atoms with van der Waals surface area (Å²) in [7, 11) is -6.99. The molecule has 0 radical (unpaired) electrons. The van der Waals surface area contributed by atoms with Crippen LogP contribution in [0.25, 0.3) is 0 Å². The monoisotopic (exact) mass is 332 g/mol. The number of anilines is 2. The molecule has 0 bridgehead atoms. The van der Waals surface area contributed by atoms with Gasteiger partial charge in [-0.1, -0.05) is 0 Å². The van der Waals surface area contributed by atoms with E-state index in [4.69, 9.17) is 0 Å². The number of carbonyl (C=O) groups excluding carboxylic acids is 1. The minimum absolute atomic E-state index is 0.0972. The van der Waals surface area contributed by atoms with E-state index in [9.17, 15) is 21.6 Å². The minimum atomic E-state index is -3.74. The fourth-order valence-corrected chi connectivity index (χ4v) is 6.17. The predicted octanol–water partition coefficient (Wildman–Crippen LogP) is 0.574. The van der Waals surface area contributed by atoms with E-state index in [-0.39, 0.29) is 23.8 Å². The molecule has 1 amide bonds. The molecule has 2 N–H and O–H groups in total. The van der Waals surface area contributed by atoms with Gasteiger partial charge in [-0.3, -0.25) is 9.52 Å². The molecule has 1 saturated heterocycles. The third kappa shape index (κ3) is 4.18. The third-order valence-corrected chi connectivity index (χ3v) is 6.87. The topological polar surface area (TPSA) is 109 Å². The first kappa shape index (κ1) is 15.8. The molecule has 1 fully saturated rings. The molecule has 21 heavy (non-hydrogen) atoms. The highest BCUT2D eigenvalue weighted by atomic mass is 32.2. The van der Waals surface area contributed by atoms with Gasteiger partial charge in [0.25, 0.3) is 0 Å². The van der Waals surface area contributed by atoms with Gasteiger partial charge in [-0.15, -0.1) is 0 Å². The molecule has 7 nitrogen and oxygen atoms in total. The van der Waals surface area contributed by atoms with Gasteiger partial charge in [0.2, 0.25) is 15.9 Å². The second-order valence-electron chi connectivity index (χ2n) is 4.93. The highest BCUT2D eigenvalue weighted by Gasteiger charge is 2.37. The standard InChI is InChI=1S/C12H16N2O5S2/c1-9(15)13-10-2-4-11(5-3-10)14-21(18,19)12-6-7-20(16,17)8-12/h2-5,12,14H,6-8H2,1H3,(H,13,15). The Hall–Kier alpha value is -1.61. The van der Waals surface area contributed by atoms with E-state index in [1.54, 1.807) is 12.1 Å². The van der Waals surface area contributed by atoms with Crippen LogP contribution in [0.15, 0.2) is 24.3 Å². The summed E-state index contributed by atoms with van der Waals surface area (Å²) < 4.78 is 49.3. The number of sulfonamides is 1. The quantitative estimate of drug-likeness (QED) is 0.838. The van der Waals surface area contributed by atoms with Crippen molar-refractivity contribution < 1.29 is 21.6 Å². The lowest BCUT2D eigenvalue weighted by Crippen LogP contribution is -2.28. The lowest BCUT2D eigenvalue weighted by Gasteiger charge is -2.13. The molecular formula is C12H16N2O5S2. The van der Waals surface area contributed by atoms with Crippen LogP contribution in [-0.2, 0) is 24.7 Å². The summed E-state index contributed by atoms with van der Waals surface area (Å²) in [6.45, 7) is 1.37. The van der Waals surface area contributed by atoms with E-state index in [2.05, 4.69) is 10.0 Å². The Morgan fingerprint density at radius 3 is 2.24 bits per heavy atom. The Kier molecular flexibility index (Phi) is 4.24. The Balaban J connectivity index is 2.08. The molecular weight excluding hydrogens is 316 g/mol. The van der Waals surface area contributed by atoms with Crippen LogP contribution in [-0.4, -0.2) is 39.5 Å². The van der Waals surface area contributed by atoms with Gasteiger partial charge in [0.1, 0.15) is 0 Å². The van der Waals surface area contributed by atoms with Crippen molar-refractivity contribution in [2.75, 3.05) is 21.5 Å². The number of benzene rings is 1. The molecule has 1 aromatic rings. The van der Waals surface area contributed by atoms with Crippen LogP contribution in [0.4, 0.5) is 11.4 Å². The Bertz CT molecular complexity index is 738. The van der Waals surface area contributed by atoms with Gasteiger partial charge in [0, 0.05) is 18.3 Å². The molecule has 0 saturated carbocycles. The van der Waals surface area contributed by atoms with Crippen molar-refractivity contribution in [2.24, 2.45) is 0 Å². The molecule has 1 atom stereocenters. The highest BCUT2D eigenvalue weighted by Crippen LogP contribution is 2.22. The van der Waals surface area contributed by atoms with Crippen molar-refractivity contribution in [1.82, 2.24) is 0 Å². The molecule has 1 heterocycles. The van der Waals surface area contributed by atoms with Gasteiger partial charge in [0.15, 0.2) is 9.84 Å². The van der Waals surface area contributed by atoms with Crippen LogP contribution in [0.5, 0.6) is 0 Å². The fourth-order valence-electron chi connectivity index (χ4n) is 2.08. The molecule has 1 unspecified atom stereocenters. The SMILES string of the molecule is CC(=O)Nc1ccc(NS(=O)(=O)C2CCS(=O)(=O)C2)cc1. The van der Waals surface area contributed by atoms with E-state index in [1.165, 1.54) is 19.1 Å². The van der Waals surface area contributed by atoms with Crippen LogP contribution in [0.1, 0.15) is 13.3 Å². The number of nitrogens with one attached hydrogen (secondary N) is 2. The number of sulfone groups is 1. The summed E-state index contributed by atoms with van der Waals surface area (Å²) >= 11 is 0. The summed E-state index contributed by atoms with van der Waals surface area (Å²) in [6, 6.07) is 6.13. The first-order chi connectivity index (χ1) is 9.68. The fraction of sp³-hybridized carbons (Fsp3) is 0.417. The lowest BCUT2D eigenvalue weighted by molar-refractivity contribution is -0.114. The number of carbonyl (C=O) groups is 1. The van der Waals surface area contributed by atoms with E-state index < -0.39 is 25.1 Å². The van der Waals surface area contributed by atoms with Crippen molar-refractivity contribution >= 4 is 37.1 Å². The van der Waals surface area contributed by atoms with Gasteiger partial charge >= 0.3 is 0 Å². The third-order valence-electron chi connectivity index (χ3n) is 3.09.